The highest BCUT2D eigenvalue weighted by atomic mass is 32.2. The lowest BCUT2D eigenvalue weighted by Gasteiger charge is -2.33. The number of carbonyl (C=O) groups excluding carboxylic acids is 2. The molecule has 0 aliphatic heterocycles. The molecule has 0 bridgehead atoms. The molecule has 0 radical (unpaired) electrons. The van der Waals surface area contributed by atoms with Gasteiger partial charge in [-0.05, 0) is 35.9 Å². The molecule has 0 saturated heterocycles. The van der Waals surface area contributed by atoms with Crippen LogP contribution in [0.15, 0.2) is 120 Å². The molecule has 4 aromatic rings. The number of benzene rings is 4. The number of nitrogens with one attached hydrogen (secondary N) is 1. The van der Waals surface area contributed by atoms with Gasteiger partial charge in [0, 0.05) is 25.6 Å². The van der Waals surface area contributed by atoms with Crippen LogP contribution in [0, 0.1) is 5.82 Å². The number of rotatable bonds is 11. The molecule has 9 heteroatoms. The van der Waals surface area contributed by atoms with Crippen LogP contribution in [0.1, 0.15) is 11.1 Å². The standard InChI is InChI=1S/C31H30FN3O4S/c1-33-31(37)29(21-24-13-5-2-6-14-24)34(22-25-15-11-12-20-28(25)32)30(36)23-35(26-16-7-3-8-17-26)40(38,39)27-18-9-4-10-19-27/h2-20,29H,21-23H2,1H3,(H,33,37). The van der Waals surface area contributed by atoms with Gasteiger partial charge in [-0.2, -0.15) is 0 Å². The van der Waals surface area contributed by atoms with E-state index in [0.29, 0.717) is 0 Å². The Labute approximate surface area is 233 Å². The van der Waals surface area contributed by atoms with Gasteiger partial charge in [-0.3, -0.25) is 13.9 Å². The number of halogens is 1. The average Bonchev–Trinajstić information content (AvgIpc) is 2.99. The first-order valence-corrected chi connectivity index (χ1v) is 14.2. The largest absolute Gasteiger partial charge is 0.357 e. The normalized spacial score (nSPS) is 11.8. The van der Waals surface area contributed by atoms with Crippen molar-refractivity contribution in [2.75, 3.05) is 17.9 Å². The maximum absolute atomic E-state index is 14.8. The fourth-order valence-corrected chi connectivity index (χ4v) is 5.81. The predicted octanol–water partition coefficient (Wildman–Crippen LogP) is 4.41. The average molecular weight is 560 g/mol. The quantitative estimate of drug-likeness (QED) is 0.295. The highest BCUT2D eigenvalue weighted by molar-refractivity contribution is 7.92. The number of nitrogens with zero attached hydrogens (tertiary/aromatic N) is 2. The Morgan fingerprint density at radius 2 is 1.35 bits per heavy atom. The number of likely N-dealkylation sites (N-methyl/N-ethyl adjacent to an activating group) is 1. The van der Waals surface area contributed by atoms with Crippen molar-refractivity contribution in [3.8, 4) is 0 Å². The summed E-state index contributed by atoms with van der Waals surface area (Å²) in [4.78, 5) is 28.5. The van der Waals surface area contributed by atoms with Gasteiger partial charge in [-0.15, -0.1) is 0 Å². The van der Waals surface area contributed by atoms with E-state index in [-0.39, 0.29) is 29.1 Å². The van der Waals surface area contributed by atoms with Gasteiger partial charge in [0.2, 0.25) is 11.8 Å². The zero-order valence-electron chi connectivity index (χ0n) is 22.0. The fraction of sp³-hybridized carbons (Fsp3) is 0.161. The first kappa shape index (κ1) is 28.5. The minimum Gasteiger partial charge on any atom is -0.357 e. The van der Waals surface area contributed by atoms with E-state index in [2.05, 4.69) is 5.32 Å². The topological polar surface area (TPSA) is 86.8 Å². The monoisotopic (exact) mass is 559 g/mol. The van der Waals surface area contributed by atoms with Crippen LogP contribution in [-0.2, 0) is 32.6 Å². The van der Waals surface area contributed by atoms with Gasteiger partial charge in [0.15, 0.2) is 0 Å². The molecular formula is C31H30FN3O4S. The molecule has 4 aromatic carbocycles. The van der Waals surface area contributed by atoms with Crippen LogP contribution in [0.2, 0.25) is 0 Å². The van der Waals surface area contributed by atoms with Gasteiger partial charge in [0.25, 0.3) is 10.0 Å². The van der Waals surface area contributed by atoms with E-state index in [9.17, 15) is 22.4 Å². The first-order chi connectivity index (χ1) is 19.3. The van der Waals surface area contributed by atoms with Crippen molar-refractivity contribution >= 4 is 27.5 Å². The van der Waals surface area contributed by atoms with Crippen molar-refractivity contribution in [3.05, 3.63) is 132 Å². The Bertz CT molecular complexity index is 1530. The molecule has 2 amide bonds. The molecule has 0 aliphatic carbocycles. The zero-order chi connectivity index (χ0) is 28.5. The Kier molecular flexibility index (Phi) is 9.29. The summed E-state index contributed by atoms with van der Waals surface area (Å²) in [5.74, 6) is -1.64. The van der Waals surface area contributed by atoms with Crippen molar-refractivity contribution in [1.29, 1.82) is 0 Å². The minimum atomic E-state index is -4.16. The molecule has 0 heterocycles. The summed E-state index contributed by atoms with van der Waals surface area (Å²) < 4.78 is 43.3. The Balaban J connectivity index is 1.77. The fourth-order valence-electron chi connectivity index (χ4n) is 4.37. The lowest BCUT2D eigenvalue weighted by Crippen LogP contribution is -2.53. The summed E-state index contributed by atoms with van der Waals surface area (Å²) in [7, 11) is -2.70. The van der Waals surface area contributed by atoms with E-state index < -0.39 is 40.2 Å². The summed E-state index contributed by atoms with van der Waals surface area (Å²) in [5.41, 5.74) is 1.28. The molecule has 1 unspecified atom stereocenters. The van der Waals surface area contributed by atoms with Crippen molar-refractivity contribution in [2.45, 2.75) is 23.9 Å². The molecule has 0 spiro atoms. The van der Waals surface area contributed by atoms with Crippen molar-refractivity contribution in [3.63, 3.8) is 0 Å². The van der Waals surface area contributed by atoms with Gasteiger partial charge < -0.3 is 10.2 Å². The number of hydrogen-bond acceptors (Lipinski definition) is 4. The van der Waals surface area contributed by atoms with Crippen LogP contribution in [0.4, 0.5) is 10.1 Å². The highest BCUT2D eigenvalue weighted by Crippen LogP contribution is 2.25. The summed E-state index contributed by atoms with van der Waals surface area (Å²) in [6, 6.07) is 30.2. The second-order valence-corrected chi connectivity index (χ2v) is 11.0. The van der Waals surface area contributed by atoms with Gasteiger partial charge >= 0.3 is 0 Å². The second kappa shape index (κ2) is 13.0. The van der Waals surface area contributed by atoms with Crippen LogP contribution < -0.4 is 9.62 Å². The van der Waals surface area contributed by atoms with Crippen LogP contribution in [0.3, 0.4) is 0 Å². The number of amides is 2. The van der Waals surface area contributed by atoms with Gasteiger partial charge in [0.05, 0.1) is 10.6 Å². The Morgan fingerprint density at radius 3 is 1.95 bits per heavy atom. The van der Waals surface area contributed by atoms with E-state index in [0.717, 1.165) is 9.87 Å². The van der Waals surface area contributed by atoms with Crippen LogP contribution in [-0.4, -0.2) is 44.8 Å². The Hall–Kier alpha value is -4.50. The predicted molar refractivity (Wildman–Crippen MR) is 152 cm³/mol. The van der Waals surface area contributed by atoms with Crippen molar-refractivity contribution in [2.24, 2.45) is 0 Å². The Morgan fingerprint density at radius 1 is 0.800 bits per heavy atom. The number of anilines is 1. The lowest BCUT2D eigenvalue weighted by molar-refractivity contribution is -0.139. The minimum absolute atomic E-state index is 0.0134. The van der Waals surface area contributed by atoms with Crippen molar-refractivity contribution < 1.29 is 22.4 Å². The lowest BCUT2D eigenvalue weighted by atomic mass is 10.0. The third kappa shape index (κ3) is 6.73. The molecule has 0 fully saturated rings. The van der Waals surface area contributed by atoms with E-state index in [4.69, 9.17) is 0 Å². The number of hydrogen-bond donors (Lipinski definition) is 1. The molecular weight excluding hydrogens is 529 g/mol. The maximum Gasteiger partial charge on any atom is 0.264 e. The number of para-hydroxylation sites is 1. The SMILES string of the molecule is CNC(=O)C(Cc1ccccc1)N(Cc1ccccc1F)C(=O)CN(c1ccccc1)S(=O)(=O)c1ccccc1. The molecule has 0 aromatic heterocycles. The van der Waals surface area contributed by atoms with E-state index in [1.807, 2.05) is 30.3 Å². The molecule has 0 saturated carbocycles. The summed E-state index contributed by atoms with van der Waals surface area (Å²) in [6.45, 7) is -0.831. The summed E-state index contributed by atoms with van der Waals surface area (Å²) in [5, 5.41) is 2.60. The number of carbonyl (C=O) groups is 2. The van der Waals surface area contributed by atoms with Gasteiger partial charge in [-0.1, -0.05) is 84.9 Å². The first-order valence-electron chi connectivity index (χ1n) is 12.7. The molecule has 4 rings (SSSR count). The third-order valence-electron chi connectivity index (χ3n) is 6.47. The molecule has 1 atom stereocenters. The van der Waals surface area contributed by atoms with Gasteiger partial charge in [0.1, 0.15) is 18.4 Å². The van der Waals surface area contributed by atoms with Gasteiger partial charge in [-0.25, -0.2) is 12.8 Å². The second-order valence-electron chi connectivity index (χ2n) is 9.09. The van der Waals surface area contributed by atoms with E-state index in [1.165, 1.54) is 42.3 Å². The van der Waals surface area contributed by atoms with E-state index >= 15 is 0 Å². The maximum atomic E-state index is 14.8. The molecule has 206 valence electrons. The van der Waals surface area contributed by atoms with Crippen LogP contribution in [0.25, 0.3) is 0 Å². The highest BCUT2D eigenvalue weighted by Gasteiger charge is 2.34. The smallest absolute Gasteiger partial charge is 0.264 e. The van der Waals surface area contributed by atoms with Crippen molar-refractivity contribution in [1.82, 2.24) is 10.2 Å². The molecule has 0 aliphatic rings. The van der Waals surface area contributed by atoms with E-state index in [1.54, 1.807) is 54.6 Å². The third-order valence-corrected chi connectivity index (χ3v) is 8.26. The molecule has 7 nitrogen and oxygen atoms in total. The van der Waals surface area contributed by atoms with Crippen LogP contribution in [0.5, 0.6) is 0 Å². The molecule has 1 N–H and O–H groups in total. The zero-order valence-corrected chi connectivity index (χ0v) is 22.8. The van der Waals surface area contributed by atoms with Crippen LogP contribution >= 0.6 is 0 Å². The molecule has 40 heavy (non-hydrogen) atoms. The number of sulfonamides is 1. The summed E-state index contributed by atoms with van der Waals surface area (Å²) >= 11 is 0. The summed E-state index contributed by atoms with van der Waals surface area (Å²) in [6.07, 6.45) is 0.150.